The summed E-state index contributed by atoms with van der Waals surface area (Å²) < 4.78 is 30.6. The number of rotatable bonds is 5. The highest BCUT2D eigenvalue weighted by molar-refractivity contribution is 7.87. The fourth-order valence-electron chi connectivity index (χ4n) is 3.09. The second-order valence-corrected chi connectivity index (χ2v) is 8.81. The number of anilines is 1. The Hall–Kier alpha value is -3.95. The molecule has 1 aliphatic heterocycles. The first-order chi connectivity index (χ1) is 15.8. The Morgan fingerprint density at radius 1 is 0.879 bits per heavy atom. The van der Waals surface area contributed by atoms with Crippen molar-refractivity contribution in [3.63, 3.8) is 0 Å². The number of nitrogens with one attached hydrogen (secondary N) is 1. The molecule has 33 heavy (non-hydrogen) atoms. The predicted octanol–water partition coefficient (Wildman–Crippen LogP) is 3.77. The number of nitrogens with zero attached hydrogens (tertiary/aromatic N) is 1. The standard InChI is InChI=1S/C23H15ClN2O6S/c24-16-11-12-20(32-33(30,31)18-9-5-2-6-10-18)15(13-16)14-19-21(27)25-23(29)26(22(19)28)17-7-3-1-4-8-17/h1-14H,(H,25,27,29)/b19-14+. The van der Waals surface area contributed by atoms with Crippen LogP contribution in [0, 0.1) is 0 Å². The van der Waals surface area contributed by atoms with Crippen molar-refractivity contribution in [3.05, 3.63) is 95.0 Å². The van der Waals surface area contributed by atoms with Crippen LogP contribution in [0.15, 0.2) is 89.3 Å². The summed E-state index contributed by atoms with van der Waals surface area (Å²) in [6.45, 7) is 0. The molecule has 0 aromatic heterocycles. The highest BCUT2D eigenvalue weighted by atomic mass is 35.5. The summed E-state index contributed by atoms with van der Waals surface area (Å²) in [5.74, 6) is -1.97. The molecular weight excluding hydrogens is 468 g/mol. The Morgan fingerprint density at radius 3 is 2.18 bits per heavy atom. The van der Waals surface area contributed by atoms with E-state index in [9.17, 15) is 22.8 Å². The van der Waals surface area contributed by atoms with Crippen molar-refractivity contribution < 1.29 is 27.0 Å². The lowest BCUT2D eigenvalue weighted by Gasteiger charge is -2.26. The minimum atomic E-state index is -4.20. The van der Waals surface area contributed by atoms with Crippen molar-refractivity contribution in [2.45, 2.75) is 4.90 Å². The number of halogens is 1. The lowest BCUT2D eigenvalue weighted by molar-refractivity contribution is -0.122. The second-order valence-electron chi connectivity index (χ2n) is 6.83. The molecule has 1 N–H and O–H groups in total. The van der Waals surface area contributed by atoms with Crippen molar-refractivity contribution in [3.8, 4) is 5.75 Å². The van der Waals surface area contributed by atoms with Gasteiger partial charge in [0, 0.05) is 10.6 Å². The summed E-state index contributed by atoms with van der Waals surface area (Å²) in [7, 11) is -4.20. The Bertz CT molecular complexity index is 1390. The first-order valence-corrected chi connectivity index (χ1v) is 11.3. The number of benzene rings is 3. The number of amides is 4. The number of carbonyl (C=O) groups is 3. The van der Waals surface area contributed by atoms with E-state index in [0.29, 0.717) is 0 Å². The van der Waals surface area contributed by atoms with Gasteiger partial charge >= 0.3 is 16.1 Å². The molecule has 0 aliphatic carbocycles. The minimum Gasteiger partial charge on any atom is -0.378 e. The van der Waals surface area contributed by atoms with Gasteiger partial charge in [-0.05, 0) is 48.5 Å². The molecule has 1 heterocycles. The number of imide groups is 2. The summed E-state index contributed by atoms with van der Waals surface area (Å²) in [6.07, 6.45) is 1.13. The lowest BCUT2D eigenvalue weighted by atomic mass is 10.1. The molecule has 166 valence electrons. The monoisotopic (exact) mass is 482 g/mol. The molecule has 3 aromatic rings. The van der Waals surface area contributed by atoms with Crippen LogP contribution in [0.5, 0.6) is 5.75 Å². The Labute approximate surface area is 194 Å². The normalized spacial score (nSPS) is 15.5. The summed E-state index contributed by atoms with van der Waals surface area (Å²) in [5, 5.41) is 2.32. The summed E-state index contributed by atoms with van der Waals surface area (Å²) in [6, 6.07) is 18.7. The molecule has 0 saturated carbocycles. The van der Waals surface area contributed by atoms with Crippen LogP contribution in [-0.4, -0.2) is 26.3 Å². The summed E-state index contributed by atoms with van der Waals surface area (Å²) >= 11 is 6.06. The van der Waals surface area contributed by atoms with Crippen LogP contribution in [0.4, 0.5) is 10.5 Å². The maximum absolute atomic E-state index is 13.0. The fourth-order valence-corrected chi connectivity index (χ4v) is 4.24. The van der Waals surface area contributed by atoms with Crippen molar-refractivity contribution >= 4 is 51.3 Å². The Kier molecular flexibility index (Phi) is 5.99. The highest BCUT2D eigenvalue weighted by Crippen LogP contribution is 2.30. The molecule has 1 saturated heterocycles. The van der Waals surface area contributed by atoms with Crippen molar-refractivity contribution in [2.24, 2.45) is 0 Å². The SMILES string of the molecule is O=C1NC(=O)N(c2ccccc2)C(=O)/C1=C/c1cc(Cl)ccc1OS(=O)(=O)c1ccccc1. The van der Waals surface area contributed by atoms with Gasteiger partial charge in [0.25, 0.3) is 11.8 Å². The first kappa shape index (κ1) is 22.3. The maximum atomic E-state index is 13.0. The Balaban J connectivity index is 1.75. The molecule has 10 heteroatoms. The highest BCUT2D eigenvalue weighted by Gasteiger charge is 2.37. The molecule has 0 bridgehead atoms. The average molecular weight is 483 g/mol. The van der Waals surface area contributed by atoms with E-state index in [1.54, 1.807) is 36.4 Å². The zero-order valence-electron chi connectivity index (χ0n) is 16.8. The number of urea groups is 1. The zero-order chi connectivity index (χ0) is 23.6. The number of para-hydroxylation sites is 1. The topological polar surface area (TPSA) is 110 Å². The van der Waals surface area contributed by atoms with E-state index in [4.69, 9.17) is 15.8 Å². The van der Waals surface area contributed by atoms with Crippen LogP contribution in [0.3, 0.4) is 0 Å². The van der Waals surface area contributed by atoms with E-state index in [0.717, 1.165) is 11.0 Å². The van der Waals surface area contributed by atoms with Gasteiger partial charge in [-0.25, -0.2) is 9.69 Å². The quantitative estimate of drug-likeness (QED) is 0.337. The number of barbiturate groups is 1. The van der Waals surface area contributed by atoms with Gasteiger partial charge in [0.2, 0.25) is 0 Å². The van der Waals surface area contributed by atoms with Crippen molar-refractivity contribution in [1.82, 2.24) is 5.32 Å². The fraction of sp³-hybridized carbons (Fsp3) is 0. The van der Waals surface area contributed by atoms with E-state index in [1.165, 1.54) is 42.5 Å². The third kappa shape index (κ3) is 4.64. The van der Waals surface area contributed by atoms with Gasteiger partial charge in [0.05, 0.1) is 5.69 Å². The molecule has 1 fully saturated rings. The van der Waals surface area contributed by atoms with Crippen LogP contribution in [0.1, 0.15) is 5.56 Å². The van der Waals surface area contributed by atoms with Crippen LogP contribution in [0.25, 0.3) is 6.08 Å². The van der Waals surface area contributed by atoms with Crippen LogP contribution < -0.4 is 14.4 Å². The molecule has 3 aromatic carbocycles. The second kappa shape index (κ2) is 8.89. The molecule has 0 unspecified atom stereocenters. The molecule has 0 atom stereocenters. The van der Waals surface area contributed by atoms with Gasteiger partial charge in [0.15, 0.2) is 0 Å². The molecule has 1 aliphatic rings. The van der Waals surface area contributed by atoms with E-state index in [1.807, 2.05) is 0 Å². The molecular formula is C23H15ClN2O6S. The van der Waals surface area contributed by atoms with Gasteiger partial charge in [-0.1, -0.05) is 48.0 Å². The van der Waals surface area contributed by atoms with E-state index in [-0.39, 0.29) is 26.9 Å². The van der Waals surface area contributed by atoms with Crippen molar-refractivity contribution in [1.29, 1.82) is 0 Å². The molecule has 0 radical (unpaired) electrons. The van der Waals surface area contributed by atoms with E-state index < -0.39 is 33.5 Å². The number of hydrogen-bond donors (Lipinski definition) is 1. The van der Waals surface area contributed by atoms with Gasteiger partial charge in [0.1, 0.15) is 16.2 Å². The van der Waals surface area contributed by atoms with Crippen molar-refractivity contribution in [2.75, 3.05) is 4.90 Å². The Morgan fingerprint density at radius 2 is 1.52 bits per heavy atom. The number of carbonyl (C=O) groups excluding carboxylic acids is 3. The van der Waals surface area contributed by atoms with Crippen LogP contribution in [-0.2, 0) is 19.7 Å². The summed E-state index contributed by atoms with van der Waals surface area (Å²) in [5.41, 5.74) is -0.0850. The maximum Gasteiger partial charge on any atom is 0.339 e. The molecule has 4 rings (SSSR count). The van der Waals surface area contributed by atoms with Gasteiger partial charge in [-0.3, -0.25) is 14.9 Å². The summed E-state index contributed by atoms with van der Waals surface area (Å²) in [4.78, 5) is 38.5. The molecule has 8 nitrogen and oxygen atoms in total. The largest absolute Gasteiger partial charge is 0.378 e. The third-order valence-electron chi connectivity index (χ3n) is 4.62. The van der Waals surface area contributed by atoms with Crippen LogP contribution in [0.2, 0.25) is 5.02 Å². The number of hydrogen-bond acceptors (Lipinski definition) is 6. The zero-order valence-corrected chi connectivity index (χ0v) is 18.3. The van der Waals surface area contributed by atoms with E-state index >= 15 is 0 Å². The van der Waals surface area contributed by atoms with E-state index in [2.05, 4.69) is 5.32 Å². The first-order valence-electron chi connectivity index (χ1n) is 9.52. The third-order valence-corrected chi connectivity index (χ3v) is 6.10. The minimum absolute atomic E-state index is 0.0582. The average Bonchev–Trinajstić information content (AvgIpc) is 2.79. The molecule has 4 amide bonds. The predicted molar refractivity (Wildman–Crippen MR) is 121 cm³/mol. The van der Waals surface area contributed by atoms with Gasteiger partial charge < -0.3 is 4.18 Å². The smallest absolute Gasteiger partial charge is 0.339 e. The molecule has 0 spiro atoms. The van der Waals surface area contributed by atoms with Gasteiger partial charge in [-0.15, -0.1) is 0 Å². The lowest BCUT2D eigenvalue weighted by Crippen LogP contribution is -2.54. The van der Waals surface area contributed by atoms with Crippen LogP contribution >= 0.6 is 11.6 Å². The van der Waals surface area contributed by atoms with Gasteiger partial charge in [-0.2, -0.15) is 8.42 Å².